The highest BCUT2D eigenvalue weighted by Crippen LogP contribution is 2.25. The van der Waals surface area contributed by atoms with Crippen LogP contribution in [0.3, 0.4) is 0 Å². The molecule has 0 aliphatic rings. The molecule has 0 saturated heterocycles. The van der Waals surface area contributed by atoms with Gasteiger partial charge >= 0.3 is 0 Å². The molecule has 0 aliphatic heterocycles. The lowest BCUT2D eigenvalue weighted by molar-refractivity contribution is 0.824. The fourth-order valence-corrected chi connectivity index (χ4v) is 0.684. The molecule has 0 heterocycles. The molecule has 4 N–H and O–H groups in total. The normalized spacial score (nSPS) is 9.60. The van der Waals surface area contributed by atoms with Crippen molar-refractivity contribution in [1.82, 2.24) is 5.32 Å². The van der Waals surface area contributed by atoms with Crippen molar-refractivity contribution in [2.75, 3.05) is 20.4 Å². The molecule has 0 aliphatic carbocycles. The summed E-state index contributed by atoms with van der Waals surface area (Å²) in [6.45, 7) is 4.13. The van der Waals surface area contributed by atoms with Gasteiger partial charge in [-0.15, -0.1) is 0 Å². The minimum atomic E-state index is -0.217. The summed E-state index contributed by atoms with van der Waals surface area (Å²) in [5.74, 6) is 0. The molecule has 0 atom stereocenters. The van der Waals surface area contributed by atoms with E-state index in [2.05, 4.69) is 18.6 Å². The van der Waals surface area contributed by atoms with Gasteiger partial charge in [0.15, 0.2) is 0 Å². The van der Waals surface area contributed by atoms with E-state index in [1.165, 1.54) is 0 Å². The number of hydrogen-bond donors (Lipinski definition) is 2. The van der Waals surface area contributed by atoms with Gasteiger partial charge in [0, 0.05) is 7.05 Å². The van der Waals surface area contributed by atoms with E-state index in [4.69, 9.17) is 5.41 Å². The summed E-state index contributed by atoms with van der Waals surface area (Å²) in [6.07, 6.45) is 3.58. The van der Waals surface area contributed by atoms with Gasteiger partial charge in [-0.1, -0.05) is 7.92 Å². The molecule has 3 nitrogen and oxygen atoms in total. The van der Waals surface area contributed by atoms with E-state index in [0.717, 1.165) is 5.45 Å². The molecule has 4 heteroatoms. The van der Waals surface area contributed by atoms with Gasteiger partial charge in [0.1, 0.15) is 0 Å². The SMILES string of the molecule is CN/C=C\C(=N)P(C)C.O. The smallest absolute Gasteiger partial charge is 0.0550 e. The van der Waals surface area contributed by atoms with E-state index < -0.39 is 0 Å². The van der Waals surface area contributed by atoms with Crippen LogP contribution in [0.4, 0.5) is 0 Å². The lowest BCUT2D eigenvalue weighted by Crippen LogP contribution is -1.94. The van der Waals surface area contributed by atoms with Crippen molar-refractivity contribution >= 4 is 13.4 Å². The molecule has 0 radical (unpaired) electrons. The number of allylic oxidation sites excluding steroid dienone is 1. The van der Waals surface area contributed by atoms with Gasteiger partial charge in [-0.2, -0.15) is 0 Å². The lowest BCUT2D eigenvalue weighted by Gasteiger charge is -2.00. The van der Waals surface area contributed by atoms with Gasteiger partial charge in [0.2, 0.25) is 0 Å². The molecular weight excluding hydrogens is 147 g/mol. The molecule has 0 unspecified atom stereocenters. The van der Waals surface area contributed by atoms with Crippen LogP contribution in [-0.2, 0) is 0 Å². The summed E-state index contributed by atoms with van der Waals surface area (Å²) in [7, 11) is 1.61. The first-order valence-electron chi connectivity index (χ1n) is 2.78. The summed E-state index contributed by atoms with van der Waals surface area (Å²) in [5, 5.41) is 10.2. The van der Waals surface area contributed by atoms with Crippen LogP contribution in [0.1, 0.15) is 0 Å². The van der Waals surface area contributed by atoms with Crippen molar-refractivity contribution in [2.24, 2.45) is 0 Å². The number of nitrogens with one attached hydrogen (secondary N) is 2. The first-order chi connectivity index (χ1) is 4.18. The monoisotopic (exact) mass is 162 g/mol. The first-order valence-corrected chi connectivity index (χ1v) is 5.01. The molecule has 0 rings (SSSR count). The summed E-state index contributed by atoms with van der Waals surface area (Å²) in [5.41, 5.74) is 0.722. The van der Waals surface area contributed by atoms with Crippen LogP contribution in [0, 0.1) is 5.41 Å². The highest BCUT2D eigenvalue weighted by atomic mass is 31.1. The van der Waals surface area contributed by atoms with Crippen molar-refractivity contribution < 1.29 is 5.48 Å². The maximum Gasteiger partial charge on any atom is 0.0550 e. The fourth-order valence-electron chi connectivity index (χ4n) is 0.311. The minimum Gasteiger partial charge on any atom is -0.412 e. The van der Waals surface area contributed by atoms with Crippen LogP contribution >= 0.6 is 7.92 Å². The molecule has 10 heavy (non-hydrogen) atoms. The van der Waals surface area contributed by atoms with Gasteiger partial charge in [0.25, 0.3) is 0 Å². The molecule has 0 fully saturated rings. The Balaban J connectivity index is 0. The van der Waals surface area contributed by atoms with Gasteiger partial charge in [-0.05, 0) is 25.6 Å². The maximum atomic E-state index is 7.35. The van der Waals surface area contributed by atoms with E-state index in [1.54, 1.807) is 12.3 Å². The quantitative estimate of drug-likeness (QED) is 0.463. The zero-order valence-corrected chi connectivity index (χ0v) is 7.50. The average molecular weight is 162 g/mol. The predicted molar refractivity (Wildman–Crippen MR) is 48.3 cm³/mol. The van der Waals surface area contributed by atoms with Gasteiger partial charge in [-0.3, -0.25) is 0 Å². The van der Waals surface area contributed by atoms with Crippen molar-refractivity contribution in [2.45, 2.75) is 0 Å². The molecule has 0 saturated carbocycles. The second-order valence-electron chi connectivity index (χ2n) is 1.90. The molecule has 0 bridgehead atoms. The summed E-state index contributed by atoms with van der Waals surface area (Å²) in [6, 6.07) is 0. The summed E-state index contributed by atoms with van der Waals surface area (Å²) >= 11 is 0. The third kappa shape index (κ3) is 5.73. The molecule has 0 amide bonds. The summed E-state index contributed by atoms with van der Waals surface area (Å²) < 4.78 is 0. The Morgan fingerprint density at radius 3 is 2.30 bits per heavy atom. The Kier molecular flexibility index (Phi) is 8.26. The highest BCUT2D eigenvalue weighted by Gasteiger charge is 1.93. The van der Waals surface area contributed by atoms with E-state index in [-0.39, 0.29) is 13.4 Å². The first kappa shape index (κ1) is 12.3. The van der Waals surface area contributed by atoms with Crippen molar-refractivity contribution in [3.8, 4) is 0 Å². The maximum absolute atomic E-state index is 7.35. The van der Waals surface area contributed by atoms with E-state index >= 15 is 0 Å². The van der Waals surface area contributed by atoms with E-state index in [0.29, 0.717) is 0 Å². The second kappa shape index (κ2) is 6.72. The third-order valence-corrected chi connectivity index (χ3v) is 2.00. The lowest BCUT2D eigenvalue weighted by atomic mass is 10.6. The van der Waals surface area contributed by atoms with Gasteiger partial charge in [0.05, 0.1) is 5.45 Å². The Morgan fingerprint density at radius 1 is 1.50 bits per heavy atom. The zero-order chi connectivity index (χ0) is 7.28. The molecule has 0 aromatic heterocycles. The third-order valence-electron chi connectivity index (χ3n) is 0.890. The Labute approximate surface area is 63.1 Å². The number of rotatable bonds is 3. The average Bonchev–Trinajstić information content (AvgIpc) is 1.82. The fraction of sp³-hybridized carbons (Fsp3) is 0.500. The van der Waals surface area contributed by atoms with Crippen molar-refractivity contribution in [3.05, 3.63) is 12.3 Å². The van der Waals surface area contributed by atoms with Crippen LogP contribution in [0.5, 0.6) is 0 Å². The van der Waals surface area contributed by atoms with Crippen LogP contribution in [-0.4, -0.2) is 31.3 Å². The van der Waals surface area contributed by atoms with Crippen molar-refractivity contribution in [1.29, 1.82) is 5.41 Å². The Bertz CT molecular complexity index is 123. The van der Waals surface area contributed by atoms with Crippen LogP contribution in [0.15, 0.2) is 12.3 Å². The molecule has 0 aromatic carbocycles. The molecule has 60 valence electrons. The Morgan fingerprint density at radius 2 is 2.00 bits per heavy atom. The predicted octanol–water partition coefficient (Wildman–Crippen LogP) is 0.614. The van der Waals surface area contributed by atoms with Crippen LogP contribution in [0.25, 0.3) is 0 Å². The standard InChI is InChI=1S/C6H13N2P.H2O/c1-8-5-4-6(7)9(2)3;/h4-5,7-8H,1-3H3;1H2/b5-4-,7-6?;. The van der Waals surface area contributed by atoms with Gasteiger partial charge in [-0.25, -0.2) is 0 Å². The minimum absolute atomic E-state index is 0. The molecule has 0 spiro atoms. The number of hydrogen-bond acceptors (Lipinski definition) is 2. The highest BCUT2D eigenvalue weighted by molar-refractivity contribution is 7.74. The second-order valence-corrected chi connectivity index (χ2v) is 4.17. The molecular formula is C6H15N2OP. The van der Waals surface area contributed by atoms with Crippen LogP contribution in [0.2, 0.25) is 0 Å². The Hall–Kier alpha value is -0.400. The zero-order valence-electron chi connectivity index (χ0n) is 6.60. The summed E-state index contributed by atoms with van der Waals surface area (Å²) in [4.78, 5) is 0. The van der Waals surface area contributed by atoms with Crippen LogP contribution < -0.4 is 5.32 Å². The van der Waals surface area contributed by atoms with Crippen molar-refractivity contribution in [3.63, 3.8) is 0 Å². The molecule has 0 aromatic rings. The van der Waals surface area contributed by atoms with Gasteiger partial charge < -0.3 is 16.2 Å². The topological polar surface area (TPSA) is 67.4 Å². The van der Waals surface area contributed by atoms with E-state index in [9.17, 15) is 0 Å². The largest absolute Gasteiger partial charge is 0.412 e. The van der Waals surface area contributed by atoms with E-state index in [1.807, 2.05) is 7.05 Å².